The van der Waals surface area contributed by atoms with Crippen LogP contribution in [0.5, 0.6) is 0 Å². The van der Waals surface area contributed by atoms with Crippen LogP contribution in [0.2, 0.25) is 0 Å². The second-order valence-corrected chi connectivity index (χ2v) is 4.52. The molecule has 2 aromatic rings. The topological polar surface area (TPSA) is 98.0 Å². The van der Waals surface area contributed by atoms with Crippen LogP contribution in [0.15, 0.2) is 24.3 Å². The van der Waals surface area contributed by atoms with Gasteiger partial charge in [0.2, 0.25) is 11.8 Å². The van der Waals surface area contributed by atoms with Crippen molar-refractivity contribution in [2.45, 2.75) is 18.8 Å². The average Bonchev–Trinajstić information content (AvgIpc) is 2.41. The summed E-state index contributed by atoms with van der Waals surface area (Å²) < 4.78 is 0. The molecule has 96 valence electrons. The van der Waals surface area contributed by atoms with E-state index in [1.807, 2.05) is 24.3 Å². The predicted octanol–water partition coefficient (Wildman–Crippen LogP) is 0.732. The van der Waals surface area contributed by atoms with Gasteiger partial charge in [0.1, 0.15) is 0 Å². The Morgan fingerprint density at radius 2 is 1.89 bits per heavy atom. The fourth-order valence-electron chi connectivity index (χ4n) is 2.36. The van der Waals surface area contributed by atoms with Gasteiger partial charge in [-0.25, -0.2) is 0 Å². The van der Waals surface area contributed by atoms with E-state index < -0.39 is 5.92 Å². The third-order valence-electron chi connectivity index (χ3n) is 3.31. The first-order valence-corrected chi connectivity index (χ1v) is 6.01. The number of nitrogens with two attached hydrogens (primary N) is 1. The molecule has 0 saturated carbocycles. The molecular weight excluding hydrogens is 244 g/mol. The Labute approximate surface area is 109 Å². The van der Waals surface area contributed by atoms with Crippen LogP contribution in [-0.2, 0) is 9.59 Å². The summed E-state index contributed by atoms with van der Waals surface area (Å²) in [5.74, 6) is -0.670. The molecule has 1 unspecified atom stereocenters. The Bertz CT molecular complexity index is 683. The highest BCUT2D eigenvalue weighted by atomic mass is 16.2. The van der Waals surface area contributed by atoms with Gasteiger partial charge in [-0.15, -0.1) is 5.10 Å². The van der Waals surface area contributed by atoms with Gasteiger partial charge in [-0.3, -0.25) is 14.9 Å². The first-order chi connectivity index (χ1) is 9.16. The molecule has 2 amide bonds. The van der Waals surface area contributed by atoms with Crippen molar-refractivity contribution in [2.24, 2.45) is 0 Å². The second-order valence-electron chi connectivity index (χ2n) is 4.52. The van der Waals surface area contributed by atoms with E-state index in [-0.39, 0.29) is 11.8 Å². The number of anilines is 1. The van der Waals surface area contributed by atoms with Crippen LogP contribution in [0, 0.1) is 0 Å². The van der Waals surface area contributed by atoms with E-state index in [0.29, 0.717) is 24.4 Å². The Morgan fingerprint density at radius 1 is 1.16 bits per heavy atom. The highest BCUT2D eigenvalue weighted by Crippen LogP contribution is 2.30. The van der Waals surface area contributed by atoms with Gasteiger partial charge in [0, 0.05) is 17.2 Å². The lowest BCUT2D eigenvalue weighted by Gasteiger charge is -2.21. The van der Waals surface area contributed by atoms with Gasteiger partial charge in [-0.1, -0.05) is 24.3 Å². The monoisotopic (exact) mass is 256 g/mol. The minimum absolute atomic E-state index is 0.242. The molecule has 1 fully saturated rings. The first-order valence-electron chi connectivity index (χ1n) is 6.01. The van der Waals surface area contributed by atoms with E-state index in [9.17, 15) is 9.59 Å². The Balaban J connectivity index is 2.13. The highest BCUT2D eigenvalue weighted by molar-refractivity contribution is 6.03. The largest absolute Gasteiger partial charge is 0.382 e. The maximum Gasteiger partial charge on any atom is 0.235 e. The molecule has 1 aromatic heterocycles. The lowest BCUT2D eigenvalue weighted by Crippen LogP contribution is -2.39. The fraction of sp³-hybridized carbons (Fsp3) is 0.231. The van der Waals surface area contributed by atoms with Gasteiger partial charge in [0.25, 0.3) is 0 Å². The molecule has 3 rings (SSSR count). The molecule has 1 aliphatic heterocycles. The van der Waals surface area contributed by atoms with E-state index >= 15 is 0 Å². The van der Waals surface area contributed by atoms with Crippen molar-refractivity contribution in [3.63, 3.8) is 0 Å². The number of piperidine rings is 1. The Morgan fingerprint density at radius 3 is 2.63 bits per heavy atom. The van der Waals surface area contributed by atoms with Gasteiger partial charge in [-0.05, 0) is 6.42 Å². The summed E-state index contributed by atoms with van der Waals surface area (Å²) in [7, 11) is 0. The standard InChI is InChI=1S/C13H12N4O2/c14-12-8-4-2-1-3-7(8)11(16-17-12)9-5-6-10(18)15-13(9)19/h1-4,9H,5-6H2,(H2,14,17)(H,15,18,19). The Hall–Kier alpha value is -2.50. The quantitative estimate of drug-likeness (QED) is 0.733. The number of aromatic nitrogens is 2. The summed E-state index contributed by atoms with van der Waals surface area (Å²) in [6.07, 6.45) is 0.768. The maximum atomic E-state index is 11.9. The lowest BCUT2D eigenvalue weighted by atomic mass is 9.91. The molecule has 6 heteroatoms. The molecule has 0 spiro atoms. The molecule has 19 heavy (non-hydrogen) atoms. The summed E-state index contributed by atoms with van der Waals surface area (Å²) >= 11 is 0. The molecule has 6 nitrogen and oxygen atoms in total. The number of nitrogen functional groups attached to an aromatic ring is 1. The van der Waals surface area contributed by atoms with Gasteiger partial charge >= 0.3 is 0 Å². The number of hydrogen-bond donors (Lipinski definition) is 2. The minimum Gasteiger partial charge on any atom is -0.382 e. The van der Waals surface area contributed by atoms with Crippen LogP contribution in [0.3, 0.4) is 0 Å². The second kappa shape index (κ2) is 4.31. The van der Waals surface area contributed by atoms with Crippen molar-refractivity contribution >= 4 is 28.4 Å². The minimum atomic E-state index is -0.448. The predicted molar refractivity (Wildman–Crippen MR) is 69.1 cm³/mol. The zero-order valence-electron chi connectivity index (χ0n) is 10.1. The van der Waals surface area contributed by atoms with E-state index in [2.05, 4.69) is 15.5 Å². The van der Waals surface area contributed by atoms with E-state index in [4.69, 9.17) is 5.73 Å². The number of carbonyl (C=O) groups is 2. The molecular formula is C13H12N4O2. The van der Waals surface area contributed by atoms with Crippen LogP contribution in [0.1, 0.15) is 24.5 Å². The summed E-state index contributed by atoms with van der Waals surface area (Å²) in [6.45, 7) is 0. The highest BCUT2D eigenvalue weighted by Gasteiger charge is 2.30. The number of nitrogens with one attached hydrogen (secondary N) is 1. The number of amides is 2. The normalized spacial score (nSPS) is 19.5. The van der Waals surface area contributed by atoms with Crippen LogP contribution in [0.4, 0.5) is 5.82 Å². The summed E-state index contributed by atoms with van der Waals surface area (Å²) in [4.78, 5) is 23.1. The van der Waals surface area contributed by atoms with Crippen LogP contribution < -0.4 is 11.1 Å². The van der Waals surface area contributed by atoms with E-state index in [0.717, 1.165) is 10.8 Å². The molecule has 0 aliphatic carbocycles. The number of imide groups is 1. The number of benzene rings is 1. The third kappa shape index (κ3) is 1.91. The molecule has 3 N–H and O–H groups in total. The van der Waals surface area contributed by atoms with E-state index in [1.54, 1.807) is 0 Å². The zero-order valence-corrected chi connectivity index (χ0v) is 10.1. The first kappa shape index (κ1) is 11.6. The third-order valence-corrected chi connectivity index (χ3v) is 3.31. The van der Waals surface area contributed by atoms with Gasteiger partial charge < -0.3 is 5.73 Å². The number of fused-ring (bicyclic) bond motifs is 1. The van der Waals surface area contributed by atoms with Crippen molar-refractivity contribution in [1.29, 1.82) is 0 Å². The van der Waals surface area contributed by atoms with Crippen LogP contribution in [0.25, 0.3) is 10.8 Å². The van der Waals surface area contributed by atoms with E-state index in [1.165, 1.54) is 0 Å². The molecule has 0 radical (unpaired) electrons. The van der Waals surface area contributed by atoms with Gasteiger partial charge in [0.15, 0.2) is 5.82 Å². The molecule has 2 heterocycles. The van der Waals surface area contributed by atoms with Crippen molar-refractivity contribution in [3.05, 3.63) is 30.0 Å². The average molecular weight is 256 g/mol. The van der Waals surface area contributed by atoms with Crippen LogP contribution in [-0.4, -0.2) is 22.0 Å². The molecule has 1 atom stereocenters. The van der Waals surface area contributed by atoms with Crippen molar-refractivity contribution in [3.8, 4) is 0 Å². The zero-order chi connectivity index (χ0) is 13.4. The van der Waals surface area contributed by atoms with Crippen LogP contribution >= 0.6 is 0 Å². The number of nitrogens with zero attached hydrogens (tertiary/aromatic N) is 2. The molecule has 1 aromatic carbocycles. The van der Waals surface area contributed by atoms with Gasteiger partial charge in [-0.2, -0.15) is 5.10 Å². The fourth-order valence-corrected chi connectivity index (χ4v) is 2.36. The SMILES string of the molecule is Nc1nnc(C2CCC(=O)NC2=O)c2ccccc12. The lowest BCUT2D eigenvalue weighted by molar-refractivity contribution is -0.134. The Kier molecular flexibility index (Phi) is 2.63. The molecule has 0 bridgehead atoms. The number of carbonyl (C=O) groups excluding carboxylic acids is 2. The molecule has 1 saturated heterocycles. The summed E-state index contributed by atoms with van der Waals surface area (Å²) in [5, 5.41) is 11.9. The summed E-state index contributed by atoms with van der Waals surface area (Å²) in [6, 6.07) is 7.42. The summed E-state index contributed by atoms with van der Waals surface area (Å²) in [5.41, 5.74) is 6.36. The van der Waals surface area contributed by atoms with Crippen molar-refractivity contribution in [2.75, 3.05) is 5.73 Å². The van der Waals surface area contributed by atoms with Crippen molar-refractivity contribution < 1.29 is 9.59 Å². The number of hydrogen-bond acceptors (Lipinski definition) is 5. The number of rotatable bonds is 1. The maximum absolute atomic E-state index is 11.9. The smallest absolute Gasteiger partial charge is 0.235 e. The molecule has 1 aliphatic rings. The van der Waals surface area contributed by atoms with Crippen molar-refractivity contribution in [1.82, 2.24) is 15.5 Å². The van der Waals surface area contributed by atoms with Gasteiger partial charge in [0.05, 0.1) is 11.6 Å².